The van der Waals surface area contributed by atoms with E-state index in [0.29, 0.717) is 24.7 Å². The van der Waals surface area contributed by atoms with Gasteiger partial charge in [0.25, 0.3) is 0 Å². The van der Waals surface area contributed by atoms with Crippen molar-refractivity contribution in [3.05, 3.63) is 34.6 Å². The number of nitrogens with zero attached hydrogens (tertiary/aromatic N) is 3. The molecule has 1 fully saturated rings. The van der Waals surface area contributed by atoms with E-state index in [1.54, 1.807) is 0 Å². The van der Waals surface area contributed by atoms with E-state index in [2.05, 4.69) is 26.1 Å². The van der Waals surface area contributed by atoms with Crippen molar-refractivity contribution >= 4 is 21.8 Å². The minimum absolute atomic E-state index is 0.140. The second kappa shape index (κ2) is 6.60. The zero-order valence-electron chi connectivity index (χ0n) is 12.5. The number of rotatable bonds is 3. The highest BCUT2D eigenvalue weighted by atomic mass is 79.9. The van der Waals surface area contributed by atoms with Gasteiger partial charge in [0.15, 0.2) is 0 Å². The van der Waals surface area contributed by atoms with Crippen LogP contribution in [0.25, 0.3) is 11.4 Å². The molecule has 0 aliphatic carbocycles. The first kappa shape index (κ1) is 15.2. The summed E-state index contributed by atoms with van der Waals surface area (Å²) in [5.41, 5.74) is 0.926. The van der Waals surface area contributed by atoms with Crippen LogP contribution in [0.15, 0.2) is 33.3 Å². The number of benzene rings is 1. The van der Waals surface area contributed by atoms with Crippen molar-refractivity contribution in [3.63, 3.8) is 0 Å². The molecule has 3 rings (SSSR count). The zero-order chi connectivity index (χ0) is 15.5. The van der Waals surface area contributed by atoms with Crippen LogP contribution >= 0.6 is 15.9 Å². The Morgan fingerprint density at radius 2 is 2.18 bits per heavy atom. The van der Waals surface area contributed by atoms with Gasteiger partial charge in [-0.25, -0.2) is 0 Å². The molecule has 116 valence electrons. The molecule has 0 saturated carbocycles. The average molecular weight is 364 g/mol. The highest BCUT2D eigenvalue weighted by Crippen LogP contribution is 2.28. The lowest BCUT2D eigenvalue weighted by Crippen LogP contribution is -2.38. The Labute approximate surface area is 137 Å². The molecular weight excluding hydrogens is 346 g/mol. The molecule has 1 aromatic carbocycles. The molecule has 0 N–H and O–H groups in total. The Kier molecular flexibility index (Phi) is 4.57. The maximum absolute atomic E-state index is 11.9. The summed E-state index contributed by atoms with van der Waals surface area (Å²) in [6.07, 6.45) is 2.50. The molecule has 1 saturated heterocycles. The van der Waals surface area contributed by atoms with Crippen LogP contribution in [0.1, 0.15) is 38.0 Å². The fourth-order valence-corrected chi connectivity index (χ4v) is 3.01. The predicted octanol–water partition coefficient (Wildman–Crippen LogP) is 3.62. The zero-order valence-corrected chi connectivity index (χ0v) is 14.0. The number of piperidine rings is 1. The monoisotopic (exact) mass is 363 g/mol. The predicted molar refractivity (Wildman–Crippen MR) is 86.3 cm³/mol. The minimum atomic E-state index is 0.140. The number of hydrogen-bond acceptors (Lipinski definition) is 4. The fraction of sp³-hybridized carbons (Fsp3) is 0.438. The van der Waals surface area contributed by atoms with Gasteiger partial charge in [0.05, 0.1) is 5.92 Å². The Balaban J connectivity index is 1.75. The highest BCUT2D eigenvalue weighted by Gasteiger charge is 2.28. The van der Waals surface area contributed by atoms with E-state index in [0.717, 1.165) is 29.4 Å². The van der Waals surface area contributed by atoms with E-state index in [1.165, 1.54) is 0 Å². The van der Waals surface area contributed by atoms with Gasteiger partial charge in [0, 0.05) is 29.5 Å². The Hall–Kier alpha value is -1.69. The van der Waals surface area contributed by atoms with E-state index in [4.69, 9.17) is 4.52 Å². The number of amides is 1. The third-order valence-corrected chi connectivity index (χ3v) is 4.50. The molecule has 1 aromatic heterocycles. The molecule has 1 aliphatic heterocycles. The van der Waals surface area contributed by atoms with E-state index >= 15 is 0 Å². The number of aromatic nitrogens is 2. The molecule has 1 aliphatic rings. The Bertz CT molecular complexity index is 654. The largest absolute Gasteiger partial charge is 0.342 e. The average Bonchev–Trinajstić information content (AvgIpc) is 3.05. The van der Waals surface area contributed by atoms with Crippen LogP contribution in [0.2, 0.25) is 0 Å². The molecule has 1 amide bonds. The second-order valence-corrected chi connectivity index (χ2v) is 6.41. The van der Waals surface area contributed by atoms with Gasteiger partial charge in [-0.1, -0.05) is 28.0 Å². The Morgan fingerprint density at radius 3 is 2.91 bits per heavy atom. The lowest BCUT2D eigenvalue weighted by atomic mass is 9.97. The van der Waals surface area contributed by atoms with Crippen LogP contribution in [0.5, 0.6) is 0 Å². The smallest absolute Gasteiger partial charge is 0.231 e. The summed E-state index contributed by atoms with van der Waals surface area (Å²) >= 11 is 3.41. The van der Waals surface area contributed by atoms with Crippen LogP contribution in [0.3, 0.4) is 0 Å². The molecule has 2 aromatic rings. The van der Waals surface area contributed by atoms with Gasteiger partial charge in [0.2, 0.25) is 17.6 Å². The summed E-state index contributed by atoms with van der Waals surface area (Å²) < 4.78 is 6.45. The summed E-state index contributed by atoms with van der Waals surface area (Å²) in [4.78, 5) is 18.3. The molecule has 22 heavy (non-hydrogen) atoms. The Morgan fingerprint density at radius 1 is 1.41 bits per heavy atom. The van der Waals surface area contributed by atoms with Gasteiger partial charge in [-0.05, 0) is 37.1 Å². The van der Waals surface area contributed by atoms with Crippen molar-refractivity contribution in [1.29, 1.82) is 0 Å². The van der Waals surface area contributed by atoms with Gasteiger partial charge < -0.3 is 9.42 Å². The third-order valence-electron chi connectivity index (χ3n) is 3.97. The lowest BCUT2D eigenvalue weighted by molar-refractivity contribution is -0.132. The number of hydrogen-bond donors (Lipinski definition) is 0. The summed E-state index contributed by atoms with van der Waals surface area (Å²) in [5.74, 6) is 1.56. The maximum Gasteiger partial charge on any atom is 0.231 e. The number of carbonyl (C=O) groups is 1. The molecule has 5 nitrogen and oxygen atoms in total. The van der Waals surface area contributed by atoms with Crippen LogP contribution in [0, 0.1) is 0 Å². The van der Waals surface area contributed by atoms with Crippen LogP contribution < -0.4 is 0 Å². The molecule has 6 heteroatoms. The maximum atomic E-state index is 11.9. The van der Waals surface area contributed by atoms with Crippen LogP contribution in [-0.4, -0.2) is 34.0 Å². The van der Waals surface area contributed by atoms with Gasteiger partial charge in [-0.3, -0.25) is 4.79 Å². The molecule has 1 atom stereocenters. The third kappa shape index (κ3) is 3.21. The highest BCUT2D eigenvalue weighted by molar-refractivity contribution is 9.10. The summed E-state index contributed by atoms with van der Waals surface area (Å²) in [7, 11) is 0. The second-order valence-electron chi connectivity index (χ2n) is 5.50. The van der Waals surface area contributed by atoms with Gasteiger partial charge in [0.1, 0.15) is 0 Å². The minimum Gasteiger partial charge on any atom is -0.342 e. The fourth-order valence-electron chi connectivity index (χ4n) is 2.75. The molecule has 0 spiro atoms. The van der Waals surface area contributed by atoms with E-state index < -0.39 is 0 Å². The number of carbonyl (C=O) groups excluding carboxylic acids is 1. The molecule has 0 radical (unpaired) electrons. The van der Waals surface area contributed by atoms with E-state index in [9.17, 15) is 4.79 Å². The van der Waals surface area contributed by atoms with Crippen LogP contribution in [0.4, 0.5) is 0 Å². The van der Waals surface area contributed by atoms with E-state index in [1.807, 2.05) is 36.1 Å². The molecule has 1 unspecified atom stereocenters. The van der Waals surface area contributed by atoms with Gasteiger partial charge >= 0.3 is 0 Å². The van der Waals surface area contributed by atoms with Crippen molar-refractivity contribution in [2.24, 2.45) is 0 Å². The van der Waals surface area contributed by atoms with Crippen molar-refractivity contribution in [1.82, 2.24) is 15.0 Å². The molecular formula is C16H18BrN3O2. The first-order chi connectivity index (χ1) is 10.7. The topological polar surface area (TPSA) is 59.2 Å². The van der Waals surface area contributed by atoms with Crippen molar-refractivity contribution in [2.75, 3.05) is 13.1 Å². The molecule has 2 heterocycles. The van der Waals surface area contributed by atoms with Crippen LogP contribution in [-0.2, 0) is 4.79 Å². The summed E-state index contributed by atoms with van der Waals surface area (Å²) in [6, 6.07) is 7.81. The van der Waals surface area contributed by atoms with Crippen molar-refractivity contribution < 1.29 is 9.32 Å². The van der Waals surface area contributed by atoms with Gasteiger partial charge in [-0.2, -0.15) is 4.98 Å². The number of likely N-dealkylation sites (tertiary alicyclic amines) is 1. The standard InChI is InChI=1S/C16H18BrN3O2/c1-2-14(21)20-9-3-4-12(10-20)16-18-15(19-22-16)11-5-7-13(17)8-6-11/h5-8,12H,2-4,9-10H2,1H3. The van der Waals surface area contributed by atoms with Gasteiger partial charge in [-0.15, -0.1) is 0 Å². The first-order valence-electron chi connectivity index (χ1n) is 7.54. The van der Waals surface area contributed by atoms with E-state index in [-0.39, 0.29) is 11.8 Å². The van der Waals surface area contributed by atoms with Crippen molar-refractivity contribution in [3.8, 4) is 11.4 Å². The van der Waals surface area contributed by atoms with Crippen molar-refractivity contribution in [2.45, 2.75) is 32.1 Å². The summed E-state index contributed by atoms with van der Waals surface area (Å²) in [6.45, 7) is 3.40. The molecule has 0 bridgehead atoms. The summed E-state index contributed by atoms with van der Waals surface area (Å²) in [5, 5.41) is 4.08. The first-order valence-corrected chi connectivity index (χ1v) is 8.34. The quantitative estimate of drug-likeness (QED) is 0.835. The number of halogens is 1. The SMILES string of the molecule is CCC(=O)N1CCCC(c2nc(-c3ccc(Br)cc3)no2)C1. The lowest BCUT2D eigenvalue weighted by Gasteiger charge is -2.30. The normalized spacial score (nSPS) is 18.5.